The van der Waals surface area contributed by atoms with Crippen molar-refractivity contribution in [2.45, 2.75) is 25.6 Å². The van der Waals surface area contributed by atoms with Crippen LogP contribution in [0.15, 0.2) is 22.7 Å². The molecule has 1 unspecified atom stereocenters. The van der Waals surface area contributed by atoms with Crippen molar-refractivity contribution in [1.29, 1.82) is 0 Å². The molecule has 0 fully saturated rings. The first-order valence-corrected chi connectivity index (χ1v) is 6.83. The number of amides is 1. The van der Waals surface area contributed by atoms with E-state index in [1.807, 2.05) is 39.0 Å². The topological polar surface area (TPSA) is 29.1 Å². The van der Waals surface area contributed by atoms with Gasteiger partial charge in [-0.1, -0.05) is 45.7 Å². The van der Waals surface area contributed by atoms with Crippen LogP contribution in [0.5, 0.6) is 0 Å². The summed E-state index contributed by atoms with van der Waals surface area (Å²) >= 11 is 6.80. The third-order valence-corrected chi connectivity index (χ3v) is 4.62. The minimum absolute atomic E-state index is 0.00303. The summed E-state index contributed by atoms with van der Waals surface area (Å²) in [5, 5.41) is 2.88. The SMILES string of the molecule is Cc1cc(NC(=O)C(Br)C(C)C)ccc1Br. The van der Waals surface area contributed by atoms with Crippen molar-refractivity contribution in [3.05, 3.63) is 28.2 Å². The minimum atomic E-state index is -0.156. The summed E-state index contributed by atoms with van der Waals surface area (Å²) in [7, 11) is 0. The molecular weight excluding hydrogens is 334 g/mol. The van der Waals surface area contributed by atoms with Crippen molar-refractivity contribution in [1.82, 2.24) is 0 Å². The van der Waals surface area contributed by atoms with Crippen molar-refractivity contribution in [2.75, 3.05) is 5.32 Å². The molecule has 0 aliphatic heterocycles. The molecule has 0 bridgehead atoms. The Morgan fingerprint density at radius 3 is 2.50 bits per heavy atom. The third-order valence-electron chi connectivity index (χ3n) is 2.26. The predicted octanol–water partition coefficient (Wildman–Crippen LogP) is 4.12. The van der Waals surface area contributed by atoms with E-state index in [1.54, 1.807) is 0 Å². The van der Waals surface area contributed by atoms with Crippen molar-refractivity contribution in [3.8, 4) is 0 Å². The minimum Gasteiger partial charge on any atom is -0.325 e. The van der Waals surface area contributed by atoms with E-state index in [4.69, 9.17) is 0 Å². The summed E-state index contributed by atoms with van der Waals surface area (Å²) in [4.78, 5) is 11.6. The van der Waals surface area contributed by atoms with Gasteiger partial charge in [0.1, 0.15) is 0 Å². The Bertz CT molecular complexity index is 391. The van der Waals surface area contributed by atoms with E-state index in [0.717, 1.165) is 15.7 Å². The maximum absolute atomic E-state index is 11.8. The zero-order chi connectivity index (χ0) is 12.3. The van der Waals surface area contributed by atoms with Crippen LogP contribution < -0.4 is 5.32 Å². The van der Waals surface area contributed by atoms with E-state index in [2.05, 4.69) is 37.2 Å². The van der Waals surface area contributed by atoms with Gasteiger partial charge in [0.25, 0.3) is 0 Å². The Morgan fingerprint density at radius 2 is 2.00 bits per heavy atom. The van der Waals surface area contributed by atoms with E-state index >= 15 is 0 Å². The molecule has 0 saturated carbocycles. The molecule has 1 aromatic carbocycles. The molecule has 0 aliphatic carbocycles. The van der Waals surface area contributed by atoms with Gasteiger partial charge in [-0.15, -0.1) is 0 Å². The van der Waals surface area contributed by atoms with Gasteiger partial charge in [-0.25, -0.2) is 0 Å². The highest BCUT2D eigenvalue weighted by atomic mass is 79.9. The number of halogens is 2. The molecule has 1 rings (SSSR count). The van der Waals surface area contributed by atoms with E-state index < -0.39 is 0 Å². The van der Waals surface area contributed by atoms with E-state index in [-0.39, 0.29) is 16.7 Å². The zero-order valence-corrected chi connectivity index (χ0v) is 12.7. The fraction of sp³-hybridized carbons (Fsp3) is 0.417. The van der Waals surface area contributed by atoms with Crippen LogP contribution in [0.2, 0.25) is 0 Å². The summed E-state index contributed by atoms with van der Waals surface area (Å²) in [5.41, 5.74) is 1.93. The lowest BCUT2D eigenvalue weighted by Gasteiger charge is -2.14. The molecule has 88 valence electrons. The maximum atomic E-state index is 11.8. The Labute approximate surface area is 113 Å². The highest BCUT2D eigenvalue weighted by Crippen LogP contribution is 2.21. The number of nitrogens with one attached hydrogen (secondary N) is 1. The molecule has 1 amide bonds. The number of alkyl halides is 1. The summed E-state index contributed by atoms with van der Waals surface area (Å²) < 4.78 is 1.05. The van der Waals surface area contributed by atoms with Gasteiger partial charge in [0.2, 0.25) is 5.91 Å². The van der Waals surface area contributed by atoms with Crippen LogP contribution in [-0.4, -0.2) is 10.7 Å². The lowest BCUT2D eigenvalue weighted by Crippen LogP contribution is -2.26. The highest BCUT2D eigenvalue weighted by Gasteiger charge is 2.18. The molecule has 0 aromatic heterocycles. The standard InChI is InChI=1S/C12H15Br2NO/c1-7(2)11(14)12(16)15-9-4-5-10(13)8(3)6-9/h4-7,11H,1-3H3,(H,15,16). The van der Waals surface area contributed by atoms with Crippen molar-refractivity contribution < 1.29 is 4.79 Å². The smallest absolute Gasteiger partial charge is 0.238 e. The van der Waals surface area contributed by atoms with Gasteiger partial charge >= 0.3 is 0 Å². The molecule has 1 aromatic rings. The highest BCUT2D eigenvalue weighted by molar-refractivity contribution is 9.10. The molecular formula is C12H15Br2NO. The van der Waals surface area contributed by atoms with Gasteiger partial charge in [0.05, 0.1) is 4.83 Å². The van der Waals surface area contributed by atoms with E-state index in [0.29, 0.717) is 0 Å². The average molecular weight is 349 g/mol. The second-order valence-corrected chi connectivity index (χ2v) is 5.94. The summed E-state index contributed by atoms with van der Waals surface area (Å²) in [6.45, 7) is 6.01. The van der Waals surface area contributed by atoms with E-state index in [1.165, 1.54) is 0 Å². The monoisotopic (exact) mass is 347 g/mol. The number of rotatable bonds is 3. The molecule has 0 aliphatic rings. The van der Waals surface area contributed by atoms with Gasteiger partial charge in [-0.2, -0.15) is 0 Å². The predicted molar refractivity (Wildman–Crippen MR) is 75.1 cm³/mol. The largest absolute Gasteiger partial charge is 0.325 e. The molecule has 1 N–H and O–H groups in total. The first-order chi connectivity index (χ1) is 7.41. The Hall–Kier alpha value is -0.350. The molecule has 4 heteroatoms. The van der Waals surface area contributed by atoms with Crippen LogP contribution in [0.25, 0.3) is 0 Å². The maximum Gasteiger partial charge on any atom is 0.238 e. The first-order valence-electron chi connectivity index (χ1n) is 5.13. The first kappa shape index (κ1) is 13.7. The number of aryl methyl sites for hydroxylation is 1. The summed E-state index contributed by atoms with van der Waals surface area (Å²) in [5.74, 6) is 0.272. The molecule has 0 saturated heterocycles. The lowest BCUT2D eigenvalue weighted by atomic mass is 10.1. The molecule has 2 nitrogen and oxygen atoms in total. The Balaban J connectivity index is 2.74. The number of carbonyl (C=O) groups excluding carboxylic acids is 1. The number of carbonyl (C=O) groups is 1. The molecule has 1 atom stereocenters. The average Bonchev–Trinajstić information content (AvgIpc) is 2.22. The number of hydrogen-bond acceptors (Lipinski definition) is 1. The Morgan fingerprint density at radius 1 is 1.38 bits per heavy atom. The van der Waals surface area contributed by atoms with Crippen LogP contribution in [0.4, 0.5) is 5.69 Å². The summed E-state index contributed by atoms with van der Waals surface area (Å²) in [6, 6.07) is 5.76. The number of hydrogen-bond donors (Lipinski definition) is 1. The second kappa shape index (κ2) is 5.82. The number of benzene rings is 1. The van der Waals surface area contributed by atoms with Crippen LogP contribution in [-0.2, 0) is 4.79 Å². The molecule has 0 radical (unpaired) electrons. The zero-order valence-electron chi connectivity index (χ0n) is 9.55. The summed E-state index contributed by atoms with van der Waals surface area (Å²) in [6.07, 6.45) is 0. The van der Waals surface area contributed by atoms with Gasteiger partial charge in [-0.05, 0) is 36.6 Å². The van der Waals surface area contributed by atoms with Crippen LogP contribution in [0.1, 0.15) is 19.4 Å². The van der Waals surface area contributed by atoms with E-state index in [9.17, 15) is 4.79 Å². The lowest BCUT2D eigenvalue weighted by molar-refractivity contribution is -0.116. The molecule has 0 spiro atoms. The molecule has 0 heterocycles. The van der Waals surface area contributed by atoms with Crippen molar-refractivity contribution in [3.63, 3.8) is 0 Å². The second-order valence-electron chi connectivity index (χ2n) is 4.10. The normalized spacial score (nSPS) is 12.6. The van der Waals surface area contributed by atoms with Crippen LogP contribution in [0.3, 0.4) is 0 Å². The Kier molecular flexibility index (Phi) is 4.99. The van der Waals surface area contributed by atoms with Crippen LogP contribution in [0, 0.1) is 12.8 Å². The fourth-order valence-electron chi connectivity index (χ4n) is 1.24. The van der Waals surface area contributed by atoms with Gasteiger partial charge in [0, 0.05) is 10.2 Å². The molecule has 16 heavy (non-hydrogen) atoms. The number of anilines is 1. The van der Waals surface area contributed by atoms with Gasteiger partial charge in [-0.3, -0.25) is 4.79 Å². The van der Waals surface area contributed by atoms with Gasteiger partial charge in [0.15, 0.2) is 0 Å². The third kappa shape index (κ3) is 3.59. The van der Waals surface area contributed by atoms with Crippen molar-refractivity contribution in [2.24, 2.45) is 5.92 Å². The quantitative estimate of drug-likeness (QED) is 0.818. The van der Waals surface area contributed by atoms with Crippen LogP contribution >= 0.6 is 31.9 Å². The van der Waals surface area contributed by atoms with Crippen molar-refractivity contribution >= 4 is 43.5 Å². The van der Waals surface area contributed by atoms with Gasteiger partial charge < -0.3 is 5.32 Å². The fourth-order valence-corrected chi connectivity index (χ4v) is 1.60.